The molecule has 1 aromatic carbocycles. The Labute approximate surface area is 129 Å². The third-order valence-electron chi connectivity index (χ3n) is 2.42. The third kappa shape index (κ3) is 13.4. The fourth-order valence-corrected chi connectivity index (χ4v) is 1.33. The van der Waals surface area contributed by atoms with E-state index in [1.165, 1.54) is 6.92 Å². The molecular weight excluding hydrogens is 268 g/mol. The first-order chi connectivity index (χ1) is 10.2. The maximum atomic E-state index is 8.81. The molecule has 0 bridgehead atoms. The minimum atomic E-state index is 0.224. The maximum absolute atomic E-state index is 8.81. The molecule has 122 valence electrons. The largest absolute Gasteiger partial charge is 0.497 e. The first kappa shape index (κ1) is 21.9. The predicted molar refractivity (Wildman–Crippen MR) is 86.8 cm³/mol. The Morgan fingerprint density at radius 1 is 1.14 bits per heavy atom. The van der Waals surface area contributed by atoms with Crippen molar-refractivity contribution in [1.82, 2.24) is 0 Å². The van der Waals surface area contributed by atoms with Crippen molar-refractivity contribution >= 4 is 6.29 Å². The lowest BCUT2D eigenvalue weighted by atomic mass is 10.2. The molecule has 0 N–H and O–H groups in total. The second-order valence-electron chi connectivity index (χ2n) is 3.99. The Morgan fingerprint density at radius 3 is 2.10 bits per heavy atom. The summed E-state index contributed by atoms with van der Waals surface area (Å²) in [5.41, 5.74) is 1.16. The number of aldehydes is 1. The van der Waals surface area contributed by atoms with Gasteiger partial charge in [0.1, 0.15) is 12.0 Å². The number of rotatable bonds is 7. The van der Waals surface area contributed by atoms with E-state index in [1.54, 1.807) is 14.2 Å². The molecule has 0 radical (unpaired) electrons. The van der Waals surface area contributed by atoms with Crippen molar-refractivity contribution in [1.29, 1.82) is 0 Å². The van der Waals surface area contributed by atoms with Crippen molar-refractivity contribution < 1.29 is 19.0 Å². The Hall–Kier alpha value is -1.39. The summed E-state index contributed by atoms with van der Waals surface area (Å²) in [5, 5.41) is 0. The van der Waals surface area contributed by atoms with Crippen LogP contribution in [-0.2, 0) is 20.9 Å². The zero-order valence-electron chi connectivity index (χ0n) is 14.2. The summed E-state index contributed by atoms with van der Waals surface area (Å²) in [4.78, 5) is 8.81. The lowest BCUT2D eigenvalue weighted by molar-refractivity contribution is -0.106. The average molecular weight is 298 g/mol. The Morgan fingerprint density at radius 2 is 1.67 bits per heavy atom. The molecule has 0 aliphatic carbocycles. The molecule has 0 fully saturated rings. The van der Waals surface area contributed by atoms with E-state index >= 15 is 0 Å². The lowest BCUT2D eigenvalue weighted by Gasteiger charge is -2.12. The highest BCUT2D eigenvalue weighted by Crippen LogP contribution is 2.13. The molecule has 0 amide bonds. The van der Waals surface area contributed by atoms with Crippen LogP contribution in [0.2, 0.25) is 0 Å². The van der Waals surface area contributed by atoms with Crippen molar-refractivity contribution in [2.45, 2.75) is 46.8 Å². The van der Waals surface area contributed by atoms with Crippen LogP contribution in [0.5, 0.6) is 5.75 Å². The van der Waals surface area contributed by atoms with Crippen LogP contribution in [0.25, 0.3) is 0 Å². The molecule has 0 unspecified atom stereocenters. The van der Waals surface area contributed by atoms with Gasteiger partial charge in [-0.25, -0.2) is 0 Å². The van der Waals surface area contributed by atoms with Gasteiger partial charge in [0.05, 0.1) is 19.8 Å². The number of hydrogen-bond acceptors (Lipinski definition) is 4. The van der Waals surface area contributed by atoms with Crippen LogP contribution in [0, 0.1) is 0 Å². The predicted octanol–water partition coefficient (Wildman–Crippen LogP) is 3.87. The van der Waals surface area contributed by atoms with Gasteiger partial charge >= 0.3 is 0 Å². The number of methoxy groups -OCH3 is 2. The van der Waals surface area contributed by atoms with Gasteiger partial charge in [-0.2, -0.15) is 0 Å². The molecule has 0 saturated heterocycles. The van der Waals surface area contributed by atoms with E-state index in [0.717, 1.165) is 30.6 Å². The van der Waals surface area contributed by atoms with E-state index in [1.807, 2.05) is 38.1 Å². The summed E-state index contributed by atoms with van der Waals surface area (Å²) in [7, 11) is 3.37. The fourth-order valence-electron chi connectivity index (χ4n) is 1.33. The lowest BCUT2D eigenvalue weighted by Crippen LogP contribution is -2.10. The molecule has 0 aliphatic rings. The van der Waals surface area contributed by atoms with Crippen molar-refractivity contribution in [3.63, 3.8) is 0 Å². The SMILES string of the molecule is CC.CC=O.COCC[C@@H](C)OCc1ccc(OC)cc1. The zero-order chi connectivity index (χ0) is 16.5. The fraction of sp³-hybridized carbons (Fsp3) is 0.588. The summed E-state index contributed by atoms with van der Waals surface area (Å²) in [5.74, 6) is 0.871. The number of ether oxygens (including phenoxy) is 3. The average Bonchev–Trinajstić information content (AvgIpc) is 2.54. The molecule has 0 aliphatic heterocycles. The Bertz CT molecular complexity index is 322. The molecular formula is C17H30O4. The van der Waals surface area contributed by atoms with E-state index < -0.39 is 0 Å². The summed E-state index contributed by atoms with van der Waals surface area (Å²) < 4.78 is 15.8. The van der Waals surface area contributed by atoms with Crippen molar-refractivity contribution in [3.8, 4) is 5.75 Å². The van der Waals surface area contributed by atoms with Crippen LogP contribution in [0.4, 0.5) is 0 Å². The molecule has 1 aromatic rings. The normalized spacial score (nSPS) is 10.4. The smallest absolute Gasteiger partial charge is 0.118 e. The van der Waals surface area contributed by atoms with E-state index in [-0.39, 0.29) is 6.10 Å². The summed E-state index contributed by atoms with van der Waals surface area (Å²) in [6, 6.07) is 7.92. The number of benzene rings is 1. The van der Waals surface area contributed by atoms with Crippen LogP contribution < -0.4 is 4.74 Å². The van der Waals surface area contributed by atoms with Crippen molar-refractivity contribution in [2.75, 3.05) is 20.8 Å². The molecule has 21 heavy (non-hydrogen) atoms. The highest BCUT2D eigenvalue weighted by atomic mass is 16.5. The van der Waals surface area contributed by atoms with Gasteiger partial charge in [-0.05, 0) is 38.0 Å². The van der Waals surface area contributed by atoms with Gasteiger partial charge in [0.15, 0.2) is 0 Å². The van der Waals surface area contributed by atoms with Gasteiger partial charge in [0.2, 0.25) is 0 Å². The van der Waals surface area contributed by atoms with Gasteiger partial charge in [0, 0.05) is 13.7 Å². The minimum absolute atomic E-state index is 0.224. The van der Waals surface area contributed by atoms with Crippen LogP contribution in [-0.4, -0.2) is 33.2 Å². The molecule has 0 saturated carbocycles. The van der Waals surface area contributed by atoms with E-state index in [4.69, 9.17) is 19.0 Å². The van der Waals surface area contributed by atoms with Crippen LogP contribution in [0.3, 0.4) is 0 Å². The highest BCUT2D eigenvalue weighted by Gasteiger charge is 2.02. The van der Waals surface area contributed by atoms with Crippen LogP contribution in [0.15, 0.2) is 24.3 Å². The monoisotopic (exact) mass is 298 g/mol. The van der Waals surface area contributed by atoms with Gasteiger partial charge in [0.25, 0.3) is 0 Å². The Balaban J connectivity index is 0. The first-order valence-corrected chi connectivity index (χ1v) is 7.31. The van der Waals surface area contributed by atoms with E-state index in [0.29, 0.717) is 6.61 Å². The molecule has 0 heterocycles. The van der Waals surface area contributed by atoms with Crippen LogP contribution in [0.1, 0.15) is 39.7 Å². The molecule has 4 heteroatoms. The molecule has 0 spiro atoms. The Kier molecular flexibility index (Phi) is 17.4. The summed E-state index contributed by atoms with van der Waals surface area (Å²) >= 11 is 0. The van der Waals surface area contributed by atoms with Crippen molar-refractivity contribution in [2.24, 2.45) is 0 Å². The van der Waals surface area contributed by atoms with Gasteiger partial charge in [-0.1, -0.05) is 26.0 Å². The van der Waals surface area contributed by atoms with Crippen molar-refractivity contribution in [3.05, 3.63) is 29.8 Å². The van der Waals surface area contributed by atoms with E-state index in [2.05, 4.69) is 6.92 Å². The number of hydrogen-bond donors (Lipinski definition) is 0. The molecule has 1 atom stereocenters. The van der Waals surface area contributed by atoms with Gasteiger partial charge < -0.3 is 19.0 Å². The zero-order valence-corrected chi connectivity index (χ0v) is 14.2. The highest BCUT2D eigenvalue weighted by molar-refractivity contribution is 5.44. The second kappa shape index (κ2) is 16.7. The third-order valence-corrected chi connectivity index (χ3v) is 2.42. The first-order valence-electron chi connectivity index (χ1n) is 7.31. The second-order valence-corrected chi connectivity index (χ2v) is 3.99. The summed E-state index contributed by atoms with van der Waals surface area (Å²) in [6.07, 6.45) is 1.90. The molecule has 0 aromatic heterocycles. The summed E-state index contributed by atoms with van der Waals surface area (Å²) in [6.45, 7) is 8.88. The topological polar surface area (TPSA) is 44.8 Å². The quantitative estimate of drug-likeness (QED) is 0.717. The molecule has 4 nitrogen and oxygen atoms in total. The standard InChI is InChI=1S/C13H20O3.C2H4O.C2H6/c1-11(8-9-14-2)16-10-12-4-6-13(15-3)7-5-12;1-2-3;1-2/h4-7,11H,8-10H2,1-3H3;2H,1H3;1-2H3/t11-;;/m1../s1. The minimum Gasteiger partial charge on any atom is -0.497 e. The number of carbonyl (C=O) groups excluding carboxylic acids is 1. The van der Waals surface area contributed by atoms with Crippen LogP contribution >= 0.6 is 0 Å². The van der Waals surface area contributed by atoms with E-state index in [9.17, 15) is 0 Å². The van der Waals surface area contributed by atoms with Gasteiger partial charge in [-0.15, -0.1) is 0 Å². The maximum Gasteiger partial charge on any atom is 0.118 e. The molecule has 1 rings (SSSR count). The number of carbonyl (C=O) groups is 1. The van der Waals surface area contributed by atoms with Gasteiger partial charge in [-0.3, -0.25) is 0 Å².